The summed E-state index contributed by atoms with van der Waals surface area (Å²) in [6.45, 7) is 1.01. The molecule has 1 aliphatic rings. The third-order valence-electron chi connectivity index (χ3n) is 2.61. The fraction of sp³-hybridized carbons (Fsp3) is 0.455. The summed E-state index contributed by atoms with van der Waals surface area (Å²) in [6.07, 6.45) is 4.30. The Morgan fingerprint density at radius 3 is 3.12 bits per heavy atom. The van der Waals surface area contributed by atoms with Crippen molar-refractivity contribution in [2.24, 2.45) is 0 Å². The molecule has 1 aromatic rings. The predicted molar refractivity (Wildman–Crippen MR) is 63.5 cm³/mol. The van der Waals surface area contributed by atoms with E-state index in [1.165, 1.54) is 0 Å². The number of hydrogen-bond donors (Lipinski definition) is 2. The molecule has 0 saturated carbocycles. The number of amides is 1. The molecule has 1 atom stereocenters. The molecule has 4 nitrogen and oxygen atoms in total. The molecule has 0 bridgehead atoms. The summed E-state index contributed by atoms with van der Waals surface area (Å²) in [5.41, 5.74) is 0.687. The van der Waals surface area contributed by atoms with Gasteiger partial charge in [-0.1, -0.05) is 11.6 Å². The first-order chi connectivity index (χ1) is 7.74. The Bertz CT molecular complexity index is 360. The molecule has 2 N–H and O–H groups in total. The van der Waals surface area contributed by atoms with Gasteiger partial charge in [0.2, 0.25) is 5.91 Å². The molecule has 2 rings (SSSR count). The van der Waals surface area contributed by atoms with Crippen molar-refractivity contribution >= 4 is 23.2 Å². The van der Waals surface area contributed by atoms with E-state index in [0.29, 0.717) is 23.3 Å². The first-order valence-corrected chi connectivity index (χ1v) is 5.76. The molecule has 1 amide bonds. The molecule has 1 unspecified atom stereocenters. The van der Waals surface area contributed by atoms with Crippen LogP contribution in [0.5, 0.6) is 0 Å². The lowest BCUT2D eigenvalue weighted by Gasteiger charge is -2.10. The highest BCUT2D eigenvalue weighted by molar-refractivity contribution is 6.29. The van der Waals surface area contributed by atoms with Crippen LogP contribution in [0.25, 0.3) is 0 Å². The largest absolute Gasteiger partial charge is 0.325 e. The maximum Gasteiger partial charge on any atom is 0.225 e. The average Bonchev–Trinajstić information content (AvgIpc) is 2.74. The van der Waals surface area contributed by atoms with Gasteiger partial charge >= 0.3 is 0 Å². The minimum atomic E-state index is 0.0172. The highest BCUT2D eigenvalue weighted by Crippen LogP contribution is 2.12. The first kappa shape index (κ1) is 11.4. The molecule has 2 heterocycles. The number of halogens is 1. The molecule has 1 aromatic heterocycles. The normalized spacial score (nSPS) is 19.7. The molecular weight excluding hydrogens is 226 g/mol. The summed E-state index contributed by atoms with van der Waals surface area (Å²) in [5, 5.41) is 6.51. The minimum Gasteiger partial charge on any atom is -0.325 e. The molecule has 0 spiro atoms. The maximum atomic E-state index is 11.6. The molecule has 86 valence electrons. The lowest BCUT2D eigenvalue weighted by atomic mass is 10.1. The van der Waals surface area contributed by atoms with Crippen molar-refractivity contribution in [1.82, 2.24) is 10.3 Å². The lowest BCUT2D eigenvalue weighted by molar-refractivity contribution is -0.116. The molecule has 1 aliphatic heterocycles. The predicted octanol–water partition coefficient (Wildman–Crippen LogP) is 1.82. The van der Waals surface area contributed by atoms with Crippen molar-refractivity contribution in [3.8, 4) is 0 Å². The van der Waals surface area contributed by atoms with E-state index in [1.54, 1.807) is 18.3 Å². The zero-order chi connectivity index (χ0) is 11.4. The van der Waals surface area contributed by atoms with Gasteiger partial charge in [0.15, 0.2) is 0 Å². The Balaban J connectivity index is 1.84. The third-order valence-corrected chi connectivity index (χ3v) is 2.83. The number of carbonyl (C=O) groups is 1. The molecule has 1 saturated heterocycles. The van der Waals surface area contributed by atoms with Gasteiger partial charge in [-0.15, -0.1) is 0 Å². The fourth-order valence-electron chi connectivity index (χ4n) is 1.82. The molecule has 0 aliphatic carbocycles. The Kier molecular flexibility index (Phi) is 3.74. The van der Waals surface area contributed by atoms with Crippen molar-refractivity contribution in [2.75, 3.05) is 11.9 Å². The monoisotopic (exact) mass is 239 g/mol. The van der Waals surface area contributed by atoms with Gasteiger partial charge in [-0.3, -0.25) is 4.79 Å². The van der Waals surface area contributed by atoms with Gasteiger partial charge in [0.1, 0.15) is 5.15 Å². The molecule has 16 heavy (non-hydrogen) atoms. The number of hydrogen-bond acceptors (Lipinski definition) is 3. The van der Waals surface area contributed by atoms with Gasteiger partial charge in [-0.25, -0.2) is 4.98 Å². The van der Waals surface area contributed by atoms with Gasteiger partial charge in [-0.2, -0.15) is 0 Å². The summed E-state index contributed by atoms with van der Waals surface area (Å²) in [7, 11) is 0. The van der Waals surface area contributed by atoms with Crippen molar-refractivity contribution in [1.29, 1.82) is 0 Å². The smallest absolute Gasteiger partial charge is 0.225 e. The van der Waals surface area contributed by atoms with Gasteiger partial charge < -0.3 is 10.6 Å². The van der Waals surface area contributed by atoms with E-state index in [1.807, 2.05) is 0 Å². The number of pyridine rings is 1. The minimum absolute atomic E-state index is 0.0172. The first-order valence-electron chi connectivity index (χ1n) is 5.39. The van der Waals surface area contributed by atoms with E-state index in [0.717, 1.165) is 19.4 Å². The van der Waals surface area contributed by atoms with Gasteiger partial charge in [0.25, 0.3) is 0 Å². The Labute approximate surface area is 99.4 Å². The van der Waals surface area contributed by atoms with E-state index < -0.39 is 0 Å². The number of anilines is 1. The van der Waals surface area contributed by atoms with Crippen molar-refractivity contribution in [3.63, 3.8) is 0 Å². The number of carbonyl (C=O) groups excluding carboxylic acids is 1. The second kappa shape index (κ2) is 5.27. The Morgan fingerprint density at radius 2 is 2.50 bits per heavy atom. The molecular formula is C11H14ClN3O. The summed E-state index contributed by atoms with van der Waals surface area (Å²) in [6, 6.07) is 3.72. The number of rotatable bonds is 3. The topological polar surface area (TPSA) is 54.0 Å². The molecule has 0 aromatic carbocycles. The van der Waals surface area contributed by atoms with Crippen LogP contribution in [0.2, 0.25) is 5.15 Å². The van der Waals surface area contributed by atoms with Crippen molar-refractivity contribution in [2.45, 2.75) is 25.3 Å². The lowest BCUT2D eigenvalue weighted by Crippen LogP contribution is -2.27. The van der Waals surface area contributed by atoms with E-state index in [4.69, 9.17) is 11.6 Å². The standard InChI is InChI=1S/C11H14ClN3O/c12-10-4-3-9(7-14-10)15-11(16)6-8-2-1-5-13-8/h3-4,7-8,13H,1-2,5-6H2,(H,15,16). The molecule has 1 fully saturated rings. The highest BCUT2D eigenvalue weighted by Gasteiger charge is 2.17. The summed E-state index contributed by atoms with van der Waals surface area (Å²) >= 11 is 5.65. The summed E-state index contributed by atoms with van der Waals surface area (Å²) in [4.78, 5) is 15.5. The van der Waals surface area contributed by atoms with Crippen LogP contribution < -0.4 is 10.6 Å². The van der Waals surface area contributed by atoms with Gasteiger partial charge in [0.05, 0.1) is 11.9 Å². The second-order valence-corrected chi connectivity index (χ2v) is 4.30. The third kappa shape index (κ3) is 3.18. The van der Waals surface area contributed by atoms with Crippen LogP contribution in [-0.2, 0) is 4.79 Å². The number of nitrogens with zero attached hydrogens (tertiary/aromatic N) is 1. The maximum absolute atomic E-state index is 11.6. The van der Waals surface area contributed by atoms with Gasteiger partial charge in [0, 0.05) is 12.5 Å². The Hall–Kier alpha value is -1.13. The molecule has 5 heteroatoms. The quantitative estimate of drug-likeness (QED) is 0.792. The van der Waals surface area contributed by atoms with Crippen LogP contribution in [0.15, 0.2) is 18.3 Å². The zero-order valence-corrected chi connectivity index (χ0v) is 9.63. The molecule has 0 radical (unpaired) electrons. The van der Waals surface area contributed by atoms with E-state index in [2.05, 4.69) is 15.6 Å². The van der Waals surface area contributed by atoms with Crippen LogP contribution in [0.4, 0.5) is 5.69 Å². The summed E-state index contributed by atoms with van der Waals surface area (Å²) in [5.74, 6) is 0.0172. The van der Waals surface area contributed by atoms with E-state index in [9.17, 15) is 4.79 Å². The van der Waals surface area contributed by atoms with Crippen LogP contribution in [0.3, 0.4) is 0 Å². The highest BCUT2D eigenvalue weighted by atomic mass is 35.5. The van der Waals surface area contributed by atoms with Crippen LogP contribution in [0.1, 0.15) is 19.3 Å². The van der Waals surface area contributed by atoms with Gasteiger partial charge in [-0.05, 0) is 31.5 Å². The number of nitrogens with one attached hydrogen (secondary N) is 2. The van der Waals surface area contributed by atoms with Crippen molar-refractivity contribution in [3.05, 3.63) is 23.5 Å². The fourth-order valence-corrected chi connectivity index (χ4v) is 1.93. The Morgan fingerprint density at radius 1 is 1.62 bits per heavy atom. The SMILES string of the molecule is O=C(CC1CCCN1)Nc1ccc(Cl)nc1. The van der Waals surface area contributed by atoms with Crippen LogP contribution in [-0.4, -0.2) is 23.5 Å². The van der Waals surface area contributed by atoms with Crippen molar-refractivity contribution < 1.29 is 4.79 Å². The average molecular weight is 240 g/mol. The van der Waals surface area contributed by atoms with Crippen LogP contribution >= 0.6 is 11.6 Å². The zero-order valence-electron chi connectivity index (χ0n) is 8.87. The summed E-state index contributed by atoms with van der Waals surface area (Å²) < 4.78 is 0. The van der Waals surface area contributed by atoms with Crippen LogP contribution in [0, 0.1) is 0 Å². The van der Waals surface area contributed by atoms with E-state index >= 15 is 0 Å². The number of aromatic nitrogens is 1. The second-order valence-electron chi connectivity index (χ2n) is 3.92. The van der Waals surface area contributed by atoms with E-state index in [-0.39, 0.29) is 5.91 Å².